The SMILES string of the molecule is CC(C)c1ncc2c(n1)CCN(c1c(F)ccc3c1C(=O)N(C1CCC(=O)NC1=O)C3=O)C2. The predicted molar refractivity (Wildman–Crippen MR) is 114 cm³/mol. The van der Waals surface area contributed by atoms with Gasteiger partial charge in [0.1, 0.15) is 17.7 Å². The molecule has 1 aromatic heterocycles. The predicted octanol–water partition coefficient (Wildman–Crippen LogP) is 1.70. The number of piperidine rings is 1. The topological polar surface area (TPSA) is 113 Å². The Morgan fingerprint density at radius 1 is 1.12 bits per heavy atom. The molecule has 1 aromatic carbocycles. The maximum Gasteiger partial charge on any atom is 0.264 e. The molecule has 0 spiro atoms. The molecule has 0 aliphatic carbocycles. The molecule has 33 heavy (non-hydrogen) atoms. The lowest BCUT2D eigenvalue weighted by Gasteiger charge is -2.32. The fourth-order valence-electron chi connectivity index (χ4n) is 4.62. The van der Waals surface area contributed by atoms with Crippen molar-refractivity contribution >= 4 is 29.3 Å². The average molecular weight is 451 g/mol. The first-order chi connectivity index (χ1) is 15.8. The molecule has 1 unspecified atom stereocenters. The molecule has 1 atom stereocenters. The molecule has 3 aliphatic rings. The third kappa shape index (κ3) is 3.37. The Balaban J connectivity index is 1.50. The number of hydrogen-bond donors (Lipinski definition) is 1. The molecule has 0 radical (unpaired) electrons. The monoisotopic (exact) mass is 451 g/mol. The Morgan fingerprint density at radius 3 is 2.64 bits per heavy atom. The number of amides is 4. The Labute approximate surface area is 189 Å². The van der Waals surface area contributed by atoms with E-state index in [4.69, 9.17) is 0 Å². The lowest BCUT2D eigenvalue weighted by molar-refractivity contribution is -0.136. The van der Waals surface area contributed by atoms with Gasteiger partial charge in [0.05, 0.1) is 22.5 Å². The number of anilines is 1. The second kappa shape index (κ2) is 7.72. The number of carbonyl (C=O) groups is 4. The number of imide groups is 2. The van der Waals surface area contributed by atoms with E-state index in [9.17, 15) is 19.2 Å². The molecule has 1 N–H and O–H groups in total. The fourth-order valence-corrected chi connectivity index (χ4v) is 4.62. The van der Waals surface area contributed by atoms with Gasteiger partial charge < -0.3 is 4.90 Å². The zero-order valence-corrected chi connectivity index (χ0v) is 18.2. The standard InChI is InChI=1S/C23H22FN5O4/c1-11(2)20-25-9-12-10-28(8-7-15(12)26-20)19-14(24)4-3-13-18(19)23(33)29(22(13)32)16-5-6-17(30)27-21(16)31/h3-4,9,11,16H,5-8,10H2,1-2H3,(H,27,30,31). The van der Waals surface area contributed by atoms with Gasteiger partial charge in [0.15, 0.2) is 0 Å². The van der Waals surface area contributed by atoms with Gasteiger partial charge in [0.2, 0.25) is 11.8 Å². The largest absolute Gasteiger partial charge is 0.364 e. The number of nitrogens with zero attached hydrogens (tertiary/aromatic N) is 4. The van der Waals surface area contributed by atoms with Crippen LogP contribution in [0.25, 0.3) is 0 Å². The van der Waals surface area contributed by atoms with E-state index >= 15 is 4.39 Å². The van der Waals surface area contributed by atoms with Gasteiger partial charge in [-0.3, -0.25) is 29.4 Å². The van der Waals surface area contributed by atoms with Crippen molar-refractivity contribution in [3.63, 3.8) is 0 Å². The van der Waals surface area contributed by atoms with Gasteiger partial charge in [-0.05, 0) is 18.6 Å². The van der Waals surface area contributed by atoms with Crippen molar-refractivity contribution in [3.05, 3.63) is 52.4 Å². The van der Waals surface area contributed by atoms with Crippen molar-refractivity contribution in [2.45, 2.75) is 51.6 Å². The highest BCUT2D eigenvalue weighted by atomic mass is 19.1. The molecular weight excluding hydrogens is 429 g/mol. The number of halogens is 1. The van der Waals surface area contributed by atoms with Crippen molar-refractivity contribution in [1.29, 1.82) is 0 Å². The van der Waals surface area contributed by atoms with Gasteiger partial charge in [-0.1, -0.05) is 13.8 Å². The van der Waals surface area contributed by atoms with Gasteiger partial charge >= 0.3 is 0 Å². The number of rotatable bonds is 3. The Kier molecular flexibility index (Phi) is 4.95. The molecule has 3 aliphatic heterocycles. The summed E-state index contributed by atoms with van der Waals surface area (Å²) in [7, 11) is 0. The van der Waals surface area contributed by atoms with E-state index in [0.29, 0.717) is 19.5 Å². The Hall–Kier alpha value is -3.69. The number of hydrogen-bond acceptors (Lipinski definition) is 7. The first-order valence-electron chi connectivity index (χ1n) is 10.9. The van der Waals surface area contributed by atoms with Crippen molar-refractivity contribution in [3.8, 4) is 0 Å². The van der Waals surface area contributed by atoms with E-state index < -0.39 is 35.5 Å². The van der Waals surface area contributed by atoms with E-state index in [1.54, 1.807) is 11.1 Å². The minimum absolute atomic E-state index is 0.0201. The molecule has 5 rings (SSSR count). The van der Waals surface area contributed by atoms with Gasteiger partial charge in [-0.15, -0.1) is 0 Å². The van der Waals surface area contributed by atoms with Crippen LogP contribution in [0.15, 0.2) is 18.3 Å². The molecule has 10 heteroatoms. The summed E-state index contributed by atoms with van der Waals surface area (Å²) < 4.78 is 15.1. The third-order valence-corrected chi connectivity index (χ3v) is 6.32. The molecule has 1 fully saturated rings. The van der Waals surface area contributed by atoms with Crippen molar-refractivity contribution in [2.24, 2.45) is 0 Å². The van der Waals surface area contributed by atoms with Crippen LogP contribution in [0, 0.1) is 5.82 Å². The summed E-state index contributed by atoms with van der Waals surface area (Å²) in [5.41, 5.74) is 1.78. The molecule has 4 heterocycles. The van der Waals surface area contributed by atoms with Crippen LogP contribution in [0.2, 0.25) is 0 Å². The van der Waals surface area contributed by atoms with Crippen molar-refractivity contribution in [1.82, 2.24) is 20.2 Å². The van der Waals surface area contributed by atoms with Crippen LogP contribution in [0.5, 0.6) is 0 Å². The highest BCUT2D eigenvalue weighted by Crippen LogP contribution is 2.37. The smallest absolute Gasteiger partial charge is 0.264 e. The van der Waals surface area contributed by atoms with Crippen LogP contribution in [-0.4, -0.2) is 51.1 Å². The summed E-state index contributed by atoms with van der Waals surface area (Å²) in [6.07, 6.45) is 2.33. The molecule has 2 aromatic rings. The van der Waals surface area contributed by atoms with Gasteiger partial charge in [-0.2, -0.15) is 0 Å². The van der Waals surface area contributed by atoms with E-state index in [-0.39, 0.29) is 35.6 Å². The number of carbonyl (C=O) groups excluding carboxylic acids is 4. The maximum atomic E-state index is 15.1. The molecule has 0 saturated carbocycles. The first-order valence-corrected chi connectivity index (χ1v) is 10.9. The zero-order valence-electron chi connectivity index (χ0n) is 18.2. The minimum Gasteiger partial charge on any atom is -0.364 e. The summed E-state index contributed by atoms with van der Waals surface area (Å²) in [6, 6.07) is 1.34. The number of aromatic nitrogens is 2. The molecule has 1 saturated heterocycles. The summed E-state index contributed by atoms with van der Waals surface area (Å²) >= 11 is 0. The Morgan fingerprint density at radius 2 is 1.91 bits per heavy atom. The van der Waals surface area contributed by atoms with E-state index in [2.05, 4.69) is 15.3 Å². The molecule has 0 bridgehead atoms. The highest BCUT2D eigenvalue weighted by Gasteiger charge is 2.47. The first kappa shape index (κ1) is 21.2. The normalized spacial score (nSPS) is 20.3. The average Bonchev–Trinajstić information content (AvgIpc) is 3.03. The maximum absolute atomic E-state index is 15.1. The van der Waals surface area contributed by atoms with Gasteiger partial charge in [0.25, 0.3) is 11.8 Å². The van der Waals surface area contributed by atoms with Crippen LogP contribution in [0.4, 0.5) is 10.1 Å². The van der Waals surface area contributed by atoms with Crippen LogP contribution in [0.3, 0.4) is 0 Å². The molecule has 170 valence electrons. The summed E-state index contributed by atoms with van der Waals surface area (Å²) in [4.78, 5) is 61.8. The quantitative estimate of drug-likeness (QED) is 0.707. The summed E-state index contributed by atoms with van der Waals surface area (Å²) in [5.74, 6) is -2.23. The summed E-state index contributed by atoms with van der Waals surface area (Å²) in [5, 5.41) is 2.16. The lowest BCUT2D eigenvalue weighted by Crippen LogP contribution is -2.54. The number of benzene rings is 1. The second-order valence-electron chi connectivity index (χ2n) is 8.79. The lowest BCUT2D eigenvalue weighted by atomic mass is 10.0. The number of nitrogens with one attached hydrogen (secondary N) is 1. The fraction of sp³-hybridized carbons (Fsp3) is 0.391. The van der Waals surface area contributed by atoms with Crippen LogP contribution in [0.1, 0.15) is 70.4 Å². The minimum atomic E-state index is -1.10. The molecule has 9 nitrogen and oxygen atoms in total. The van der Waals surface area contributed by atoms with E-state index in [0.717, 1.165) is 22.0 Å². The van der Waals surface area contributed by atoms with E-state index in [1.807, 2.05) is 13.8 Å². The summed E-state index contributed by atoms with van der Waals surface area (Å²) in [6.45, 7) is 4.72. The zero-order chi connectivity index (χ0) is 23.4. The molecule has 4 amide bonds. The molecular formula is C23H22FN5O4. The third-order valence-electron chi connectivity index (χ3n) is 6.32. The van der Waals surface area contributed by atoms with Crippen LogP contribution in [-0.2, 0) is 22.6 Å². The van der Waals surface area contributed by atoms with Crippen LogP contribution < -0.4 is 10.2 Å². The van der Waals surface area contributed by atoms with Gasteiger partial charge in [0, 0.05) is 43.6 Å². The number of fused-ring (bicyclic) bond motifs is 2. The highest BCUT2D eigenvalue weighted by molar-refractivity contribution is 6.25. The van der Waals surface area contributed by atoms with Crippen molar-refractivity contribution in [2.75, 3.05) is 11.4 Å². The van der Waals surface area contributed by atoms with E-state index in [1.165, 1.54) is 12.1 Å². The van der Waals surface area contributed by atoms with Crippen molar-refractivity contribution < 1.29 is 23.6 Å². The second-order valence-corrected chi connectivity index (χ2v) is 8.79. The van der Waals surface area contributed by atoms with Crippen LogP contribution >= 0.6 is 0 Å². The Bertz CT molecular complexity index is 1230. The van der Waals surface area contributed by atoms with Gasteiger partial charge in [-0.25, -0.2) is 14.4 Å².